The molecule has 0 bridgehead atoms. The molecular weight excluding hydrogens is 266 g/mol. The molecule has 0 saturated heterocycles. The lowest BCUT2D eigenvalue weighted by Crippen LogP contribution is -2.16. The van der Waals surface area contributed by atoms with E-state index in [0.717, 1.165) is 5.75 Å². The van der Waals surface area contributed by atoms with Crippen LogP contribution in [0.3, 0.4) is 0 Å². The molecule has 98 valence electrons. The van der Waals surface area contributed by atoms with Gasteiger partial charge in [-0.05, 0) is 24.3 Å². The maximum absolute atomic E-state index is 11.6. The largest absolute Gasteiger partial charge is 0.493 e. The van der Waals surface area contributed by atoms with Crippen LogP contribution in [0.25, 0.3) is 0 Å². The number of nitrogens with one attached hydrogen (secondary N) is 1. The molecule has 0 radical (unpaired) electrons. The van der Waals surface area contributed by atoms with E-state index < -0.39 is 0 Å². The second kappa shape index (κ2) is 6.70. The normalized spacial score (nSPS) is 9.95. The molecule has 19 heavy (non-hydrogen) atoms. The molecule has 1 aromatic heterocycles. The third kappa shape index (κ3) is 4.56. The fraction of sp³-hybridized carbons (Fsp3) is 0.154. The molecule has 0 unspecified atom stereocenters. The summed E-state index contributed by atoms with van der Waals surface area (Å²) in [7, 11) is 0. The highest BCUT2D eigenvalue weighted by molar-refractivity contribution is 6.29. The summed E-state index contributed by atoms with van der Waals surface area (Å²) in [6.45, 7) is 0.302. The van der Waals surface area contributed by atoms with Gasteiger partial charge < -0.3 is 10.1 Å². The van der Waals surface area contributed by atoms with E-state index in [0.29, 0.717) is 12.4 Å². The van der Waals surface area contributed by atoms with E-state index in [4.69, 9.17) is 16.3 Å². The van der Waals surface area contributed by atoms with Crippen molar-refractivity contribution in [3.05, 3.63) is 47.6 Å². The predicted molar refractivity (Wildman–Crippen MR) is 72.2 cm³/mol. The van der Waals surface area contributed by atoms with Crippen molar-refractivity contribution in [3.63, 3.8) is 0 Å². The highest BCUT2D eigenvalue weighted by Gasteiger charge is 2.04. The summed E-state index contributed by atoms with van der Waals surface area (Å²) in [4.78, 5) is 11.6. The minimum absolute atomic E-state index is 0.187. The zero-order valence-corrected chi connectivity index (χ0v) is 10.8. The molecule has 6 heteroatoms. The number of amides is 1. The van der Waals surface area contributed by atoms with Gasteiger partial charge in [0.2, 0.25) is 5.91 Å². The predicted octanol–water partition coefficient (Wildman–Crippen LogP) is 2.54. The van der Waals surface area contributed by atoms with E-state index in [9.17, 15) is 4.79 Å². The second-order valence-electron chi connectivity index (χ2n) is 3.70. The first-order chi connectivity index (χ1) is 9.24. The van der Waals surface area contributed by atoms with E-state index in [1.807, 2.05) is 30.3 Å². The van der Waals surface area contributed by atoms with Crippen LogP contribution in [0.4, 0.5) is 5.82 Å². The molecule has 0 spiro atoms. The van der Waals surface area contributed by atoms with E-state index in [1.165, 1.54) is 0 Å². The van der Waals surface area contributed by atoms with Crippen LogP contribution in [0.15, 0.2) is 42.5 Å². The number of ether oxygens (including phenoxy) is 1. The number of carbonyl (C=O) groups is 1. The number of anilines is 1. The number of hydrogen-bond acceptors (Lipinski definition) is 4. The Hall–Kier alpha value is -2.14. The lowest BCUT2D eigenvalue weighted by molar-refractivity contribution is -0.116. The van der Waals surface area contributed by atoms with Gasteiger partial charge in [0.25, 0.3) is 0 Å². The third-order valence-corrected chi connectivity index (χ3v) is 2.44. The van der Waals surface area contributed by atoms with Gasteiger partial charge in [-0.2, -0.15) is 0 Å². The molecule has 1 N–H and O–H groups in total. The molecule has 0 aliphatic rings. The number of halogens is 1. The summed E-state index contributed by atoms with van der Waals surface area (Å²) in [5.41, 5.74) is 0. The van der Waals surface area contributed by atoms with Crippen molar-refractivity contribution in [1.82, 2.24) is 10.2 Å². The maximum Gasteiger partial charge on any atom is 0.229 e. The van der Waals surface area contributed by atoms with Crippen molar-refractivity contribution in [1.29, 1.82) is 0 Å². The number of benzene rings is 1. The molecule has 1 heterocycles. The van der Waals surface area contributed by atoms with Gasteiger partial charge in [0, 0.05) is 0 Å². The van der Waals surface area contributed by atoms with Gasteiger partial charge in [-0.25, -0.2) is 0 Å². The van der Waals surface area contributed by atoms with E-state index in [2.05, 4.69) is 15.5 Å². The second-order valence-corrected chi connectivity index (χ2v) is 4.09. The SMILES string of the molecule is O=C(CCOc1ccccc1)Nc1ccc(Cl)nn1. The van der Waals surface area contributed by atoms with Gasteiger partial charge in [-0.3, -0.25) is 4.79 Å². The highest BCUT2D eigenvalue weighted by atomic mass is 35.5. The van der Waals surface area contributed by atoms with Gasteiger partial charge in [-0.15, -0.1) is 10.2 Å². The van der Waals surface area contributed by atoms with Crippen LogP contribution < -0.4 is 10.1 Å². The molecule has 1 amide bonds. The average Bonchev–Trinajstić information content (AvgIpc) is 2.43. The molecule has 0 atom stereocenters. The van der Waals surface area contributed by atoms with Crippen LogP contribution in [0.1, 0.15) is 6.42 Å². The van der Waals surface area contributed by atoms with Crippen molar-refractivity contribution in [3.8, 4) is 5.75 Å². The molecule has 5 nitrogen and oxygen atoms in total. The quantitative estimate of drug-likeness (QED) is 0.912. The van der Waals surface area contributed by atoms with E-state index >= 15 is 0 Å². The van der Waals surface area contributed by atoms with Gasteiger partial charge in [0.1, 0.15) is 5.75 Å². The van der Waals surface area contributed by atoms with Crippen LogP contribution in [0, 0.1) is 0 Å². The fourth-order valence-electron chi connectivity index (χ4n) is 1.37. The lowest BCUT2D eigenvalue weighted by Gasteiger charge is -2.06. The van der Waals surface area contributed by atoms with Crippen LogP contribution >= 0.6 is 11.6 Å². The number of carbonyl (C=O) groups excluding carboxylic acids is 1. The van der Waals surface area contributed by atoms with Gasteiger partial charge >= 0.3 is 0 Å². The molecule has 0 aliphatic carbocycles. The van der Waals surface area contributed by atoms with Crippen molar-refractivity contribution >= 4 is 23.3 Å². The van der Waals surface area contributed by atoms with Crippen LogP contribution in [0.5, 0.6) is 5.75 Å². The van der Waals surface area contributed by atoms with Crippen LogP contribution in [-0.2, 0) is 4.79 Å². The Bertz CT molecular complexity index is 531. The summed E-state index contributed by atoms with van der Waals surface area (Å²) in [5.74, 6) is 0.920. The zero-order chi connectivity index (χ0) is 13.5. The van der Waals surface area contributed by atoms with Gasteiger partial charge in [0.05, 0.1) is 13.0 Å². The number of hydrogen-bond donors (Lipinski definition) is 1. The first-order valence-corrected chi connectivity index (χ1v) is 6.09. The Morgan fingerprint density at radius 2 is 1.95 bits per heavy atom. The Morgan fingerprint density at radius 3 is 2.63 bits per heavy atom. The molecule has 0 aliphatic heterocycles. The number of nitrogens with zero attached hydrogens (tertiary/aromatic N) is 2. The lowest BCUT2D eigenvalue weighted by atomic mass is 10.3. The summed E-state index contributed by atoms with van der Waals surface area (Å²) in [6, 6.07) is 12.5. The standard InChI is InChI=1S/C13H12ClN3O2/c14-11-6-7-12(17-16-11)15-13(18)8-9-19-10-4-2-1-3-5-10/h1-7H,8-9H2,(H,15,17,18). The molecular formula is C13H12ClN3O2. The molecule has 0 saturated carbocycles. The summed E-state index contributed by atoms with van der Waals surface area (Å²) in [5, 5.41) is 10.2. The van der Waals surface area contributed by atoms with Crippen molar-refractivity contribution in [2.45, 2.75) is 6.42 Å². The number of aromatic nitrogens is 2. The van der Waals surface area contributed by atoms with E-state index in [-0.39, 0.29) is 17.5 Å². The Labute approximate surface area is 115 Å². The van der Waals surface area contributed by atoms with E-state index in [1.54, 1.807) is 12.1 Å². The Kier molecular flexibility index (Phi) is 4.69. The number of rotatable bonds is 5. The zero-order valence-electron chi connectivity index (χ0n) is 10.0. The van der Waals surface area contributed by atoms with Crippen molar-refractivity contribution < 1.29 is 9.53 Å². The first kappa shape index (κ1) is 13.3. The average molecular weight is 278 g/mol. The smallest absolute Gasteiger partial charge is 0.229 e. The topological polar surface area (TPSA) is 64.1 Å². The van der Waals surface area contributed by atoms with Gasteiger partial charge in [0.15, 0.2) is 11.0 Å². The molecule has 1 aromatic carbocycles. The van der Waals surface area contributed by atoms with Crippen LogP contribution in [-0.4, -0.2) is 22.7 Å². The third-order valence-electron chi connectivity index (χ3n) is 2.24. The summed E-state index contributed by atoms with van der Waals surface area (Å²) < 4.78 is 5.42. The molecule has 2 aromatic rings. The van der Waals surface area contributed by atoms with Crippen molar-refractivity contribution in [2.24, 2.45) is 0 Å². The minimum atomic E-state index is -0.187. The monoisotopic (exact) mass is 277 g/mol. The maximum atomic E-state index is 11.6. The first-order valence-electron chi connectivity index (χ1n) is 5.71. The Morgan fingerprint density at radius 1 is 1.16 bits per heavy atom. The fourth-order valence-corrected chi connectivity index (χ4v) is 1.47. The molecule has 2 rings (SSSR count). The molecule has 0 fully saturated rings. The van der Waals surface area contributed by atoms with Crippen molar-refractivity contribution in [2.75, 3.05) is 11.9 Å². The summed E-state index contributed by atoms with van der Waals surface area (Å²) >= 11 is 5.59. The minimum Gasteiger partial charge on any atom is -0.493 e. The number of para-hydroxylation sites is 1. The van der Waals surface area contributed by atoms with Gasteiger partial charge in [-0.1, -0.05) is 29.8 Å². The highest BCUT2D eigenvalue weighted by Crippen LogP contribution is 2.09. The Balaban J connectivity index is 1.74. The van der Waals surface area contributed by atoms with Crippen LogP contribution in [0.2, 0.25) is 5.15 Å². The summed E-state index contributed by atoms with van der Waals surface area (Å²) in [6.07, 6.45) is 0.235.